The molecule has 0 aliphatic carbocycles. The van der Waals surface area contributed by atoms with E-state index in [9.17, 15) is 4.79 Å². The molecule has 0 saturated heterocycles. The lowest BCUT2D eigenvalue weighted by Crippen LogP contribution is -2.32. The maximum atomic E-state index is 12.9. The van der Waals surface area contributed by atoms with E-state index in [-0.39, 0.29) is 5.91 Å². The molecule has 3 aromatic rings. The van der Waals surface area contributed by atoms with Gasteiger partial charge in [0.2, 0.25) is 0 Å². The summed E-state index contributed by atoms with van der Waals surface area (Å²) in [6.07, 6.45) is 4.39. The molecule has 4 nitrogen and oxygen atoms in total. The molecule has 2 aromatic carbocycles. The molecule has 1 aromatic heterocycles. The summed E-state index contributed by atoms with van der Waals surface area (Å²) >= 11 is 1.56. The molecular weight excluding hydrogens is 342 g/mol. The number of fused-ring (bicyclic) bond motifs is 1. The lowest BCUT2D eigenvalue weighted by atomic mass is 10.2. The Labute approximate surface area is 158 Å². The predicted molar refractivity (Wildman–Crippen MR) is 111 cm³/mol. The van der Waals surface area contributed by atoms with Crippen LogP contribution < -0.4 is 4.90 Å². The molecule has 0 unspecified atom stereocenters. The number of nitrogens with zero attached hydrogens (tertiary/aromatic N) is 3. The second-order valence-electron chi connectivity index (χ2n) is 6.35. The van der Waals surface area contributed by atoms with E-state index in [4.69, 9.17) is 0 Å². The number of aromatic nitrogens is 1. The van der Waals surface area contributed by atoms with Gasteiger partial charge in [0, 0.05) is 12.6 Å². The van der Waals surface area contributed by atoms with E-state index >= 15 is 0 Å². The third-order valence-corrected chi connectivity index (χ3v) is 5.04. The van der Waals surface area contributed by atoms with Crippen molar-refractivity contribution in [3.05, 3.63) is 66.2 Å². The van der Waals surface area contributed by atoms with Crippen molar-refractivity contribution in [3.63, 3.8) is 0 Å². The minimum atomic E-state index is -0.0355. The largest absolute Gasteiger partial charge is 0.309 e. The number of rotatable bonds is 7. The average molecular weight is 366 g/mol. The molecule has 0 spiro atoms. The maximum absolute atomic E-state index is 12.9. The van der Waals surface area contributed by atoms with Crippen LogP contribution in [0.5, 0.6) is 0 Å². The highest BCUT2D eigenvalue weighted by Crippen LogP contribution is 2.29. The number of amides is 1. The number of hydrogen-bond donors (Lipinski definition) is 0. The first-order valence-electron chi connectivity index (χ1n) is 8.68. The molecule has 0 N–H and O–H groups in total. The molecule has 1 heterocycles. The highest BCUT2D eigenvalue weighted by atomic mass is 32.1. The Kier molecular flexibility index (Phi) is 6.15. The Hall–Kier alpha value is -2.50. The van der Waals surface area contributed by atoms with Crippen molar-refractivity contribution >= 4 is 38.7 Å². The summed E-state index contributed by atoms with van der Waals surface area (Å²) in [5.74, 6) is -0.0355. The fourth-order valence-electron chi connectivity index (χ4n) is 2.64. The van der Waals surface area contributed by atoms with Crippen LogP contribution in [0.25, 0.3) is 16.3 Å². The molecule has 0 aliphatic heterocycles. The highest BCUT2D eigenvalue weighted by molar-refractivity contribution is 7.22. The van der Waals surface area contributed by atoms with E-state index in [0.717, 1.165) is 33.9 Å². The zero-order valence-electron chi connectivity index (χ0n) is 15.1. The second-order valence-corrected chi connectivity index (χ2v) is 7.36. The molecule has 0 radical (unpaired) electrons. The van der Waals surface area contributed by atoms with Crippen LogP contribution in [0, 0.1) is 0 Å². The predicted octanol–water partition coefficient (Wildman–Crippen LogP) is 4.29. The topological polar surface area (TPSA) is 36.4 Å². The summed E-state index contributed by atoms with van der Waals surface area (Å²) in [7, 11) is 4.08. The third-order valence-electron chi connectivity index (χ3n) is 3.98. The monoisotopic (exact) mass is 365 g/mol. The number of hydrogen-bond acceptors (Lipinski definition) is 4. The van der Waals surface area contributed by atoms with Gasteiger partial charge in [0.1, 0.15) is 0 Å². The number of para-hydroxylation sites is 1. The Morgan fingerprint density at radius 3 is 2.50 bits per heavy atom. The van der Waals surface area contributed by atoms with Gasteiger partial charge < -0.3 is 4.90 Å². The smallest absolute Gasteiger partial charge is 0.252 e. The number of anilines is 1. The Bertz CT molecular complexity index is 853. The molecule has 0 aliphatic rings. The third kappa shape index (κ3) is 4.77. The lowest BCUT2D eigenvalue weighted by molar-refractivity contribution is -0.114. The Morgan fingerprint density at radius 2 is 1.77 bits per heavy atom. The summed E-state index contributed by atoms with van der Waals surface area (Å²) in [4.78, 5) is 21.4. The van der Waals surface area contributed by atoms with Crippen LogP contribution in [-0.4, -0.2) is 43.0 Å². The van der Waals surface area contributed by atoms with Crippen LogP contribution in [0.15, 0.2) is 60.7 Å². The van der Waals surface area contributed by atoms with E-state index < -0.39 is 0 Å². The number of carbonyl (C=O) groups is 1. The Morgan fingerprint density at radius 1 is 1.04 bits per heavy atom. The van der Waals surface area contributed by atoms with Crippen LogP contribution in [-0.2, 0) is 4.79 Å². The molecule has 3 rings (SSSR count). The van der Waals surface area contributed by atoms with Gasteiger partial charge in [-0.05, 0) is 50.8 Å². The number of carbonyl (C=O) groups excluding carboxylic acids is 1. The summed E-state index contributed by atoms with van der Waals surface area (Å²) in [5.41, 5.74) is 1.95. The molecular formula is C21H23N3OS. The zero-order chi connectivity index (χ0) is 18.4. The van der Waals surface area contributed by atoms with Crippen molar-refractivity contribution in [2.75, 3.05) is 32.1 Å². The van der Waals surface area contributed by atoms with E-state index in [0.29, 0.717) is 6.54 Å². The highest BCUT2D eigenvalue weighted by Gasteiger charge is 2.17. The van der Waals surface area contributed by atoms with Crippen molar-refractivity contribution in [1.82, 2.24) is 9.88 Å². The van der Waals surface area contributed by atoms with Gasteiger partial charge in [0.25, 0.3) is 5.91 Å². The Balaban J connectivity index is 1.82. The maximum Gasteiger partial charge on any atom is 0.252 e. The molecule has 0 bridgehead atoms. The summed E-state index contributed by atoms with van der Waals surface area (Å²) in [6.45, 7) is 1.58. The first-order chi connectivity index (χ1) is 12.6. The molecule has 1 amide bonds. The van der Waals surface area contributed by atoms with E-state index in [1.54, 1.807) is 22.3 Å². The van der Waals surface area contributed by atoms with Crippen LogP contribution in [0.4, 0.5) is 5.13 Å². The normalized spacial score (nSPS) is 11.5. The summed E-state index contributed by atoms with van der Waals surface area (Å²) < 4.78 is 1.10. The quantitative estimate of drug-likeness (QED) is 0.586. The SMILES string of the molecule is CN(C)CCCN(C(=O)C=Cc1ccccc1)c1nc2ccccc2s1. The van der Waals surface area contributed by atoms with Crippen LogP contribution in [0.3, 0.4) is 0 Å². The molecule has 0 atom stereocenters. The molecule has 134 valence electrons. The van der Waals surface area contributed by atoms with Gasteiger partial charge >= 0.3 is 0 Å². The van der Waals surface area contributed by atoms with Crippen LogP contribution >= 0.6 is 11.3 Å². The van der Waals surface area contributed by atoms with Crippen molar-refractivity contribution in [2.45, 2.75) is 6.42 Å². The fraction of sp³-hybridized carbons (Fsp3) is 0.238. The fourth-order valence-corrected chi connectivity index (χ4v) is 3.64. The number of benzene rings is 2. The second kappa shape index (κ2) is 8.74. The van der Waals surface area contributed by atoms with Crippen molar-refractivity contribution in [2.24, 2.45) is 0 Å². The van der Waals surface area contributed by atoms with E-state index in [1.807, 2.05) is 74.8 Å². The van der Waals surface area contributed by atoms with E-state index in [2.05, 4.69) is 9.88 Å². The lowest BCUT2D eigenvalue weighted by Gasteiger charge is -2.19. The minimum absolute atomic E-state index is 0.0355. The van der Waals surface area contributed by atoms with Gasteiger partial charge in [-0.1, -0.05) is 53.8 Å². The van der Waals surface area contributed by atoms with Crippen LogP contribution in [0.2, 0.25) is 0 Å². The van der Waals surface area contributed by atoms with E-state index in [1.165, 1.54) is 0 Å². The van der Waals surface area contributed by atoms with Gasteiger partial charge in [-0.2, -0.15) is 0 Å². The molecule has 26 heavy (non-hydrogen) atoms. The molecule has 5 heteroatoms. The van der Waals surface area contributed by atoms with Crippen molar-refractivity contribution in [1.29, 1.82) is 0 Å². The first-order valence-corrected chi connectivity index (χ1v) is 9.50. The molecule has 0 fully saturated rings. The first kappa shape index (κ1) is 18.3. The van der Waals surface area contributed by atoms with Gasteiger partial charge in [-0.3, -0.25) is 9.69 Å². The molecule has 0 saturated carbocycles. The van der Waals surface area contributed by atoms with Gasteiger partial charge in [0.05, 0.1) is 10.2 Å². The van der Waals surface area contributed by atoms with Crippen molar-refractivity contribution in [3.8, 4) is 0 Å². The number of thiazole rings is 1. The van der Waals surface area contributed by atoms with Crippen molar-refractivity contribution < 1.29 is 4.79 Å². The van der Waals surface area contributed by atoms with Crippen LogP contribution in [0.1, 0.15) is 12.0 Å². The standard InChI is InChI=1S/C21H23N3OS/c1-23(2)15-8-16-24(20(25)14-13-17-9-4-3-5-10-17)21-22-18-11-6-7-12-19(18)26-21/h3-7,9-14H,8,15-16H2,1-2H3. The van der Waals surface area contributed by atoms with Gasteiger partial charge in [-0.15, -0.1) is 0 Å². The van der Waals surface area contributed by atoms with Gasteiger partial charge in [-0.25, -0.2) is 4.98 Å². The van der Waals surface area contributed by atoms with Gasteiger partial charge in [0.15, 0.2) is 5.13 Å². The summed E-state index contributed by atoms with van der Waals surface area (Å²) in [6, 6.07) is 17.9. The zero-order valence-corrected chi connectivity index (χ0v) is 15.9. The minimum Gasteiger partial charge on any atom is -0.309 e. The summed E-state index contributed by atoms with van der Waals surface area (Å²) in [5, 5.41) is 0.757. The average Bonchev–Trinajstić information content (AvgIpc) is 3.07.